The molecule has 0 saturated heterocycles. The van der Waals surface area contributed by atoms with E-state index in [0.717, 1.165) is 0 Å². The quantitative estimate of drug-likeness (QED) is 0.650. The Labute approximate surface area is 68.7 Å². The van der Waals surface area contributed by atoms with Gasteiger partial charge in [-0.15, -0.1) is 0 Å². The Morgan fingerprint density at radius 2 is 2.09 bits per heavy atom. The number of halogens is 1. The van der Waals surface area contributed by atoms with Gasteiger partial charge in [-0.25, -0.2) is 4.79 Å². The third-order valence-electron chi connectivity index (χ3n) is 1.20. The van der Waals surface area contributed by atoms with Crippen LogP contribution in [-0.4, -0.2) is 5.97 Å². The minimum atomic E-state index is -0.629. The summed E-state index contributed by atoms with van der Waals surface area (Å²) in [5.41, 5.74) is 0.275. The molecular formula is C7H6ClNO2. The molecule has 0 aromatic heterocycles. The van der Waals surface area contributed by atoms with Crippen LogP contribution in [0.1, 0.15) is 10.4 Å². The molecule has 0 aliphatic carbocycles. The van der Waals surface area contributed by atoms with Crippen molar-refractivity contribution >= 4 is 17.6 Å². The topological polar surface area (TPSA) is 52.3 Å². The molecule has 11 heavy (non-hydrogen) atoms. The maximum absolute atomic E-state index is 10.8. The Morgan fingerprint density at radius 1 is 1.45 bits per heavy atom. The molecule has 58 valence electrons. The summed E-state index contributed by atoms with van der Waals surface area (Å²) in [5.74, 6) is 4.04. The van der Waals surface area contributed by atoms with Gasteiger partial charge in [0, 0.05) is 0 Å². The Morgan fingerprint density at radius 3 is 2.64 bits per heavy atom. The van der Waals surface area contributed by atoms with E-state index in [1.165, 1.54) is 6.07 Å². The largest absolute Gasteiger partial charge is 0.370 e. The van der Waals surface area contributed by atoms with Crippen LogP contribution in [0.4, 0.5) is 0 Å². The van der Waals surface area contributed by atoms with E-state index in [1.807, 2.05) is 0 Å². The second-order valence-corrected chi connectivity index (χ2v) is 2.29. The zero-order valence-corrected chi connectivity index (χ0v) is 6.34. The van der Waals surface area contributed by atoms with Crippen molar-refractivity contribution in [3.8, 4) is 0 Å². The van der Waals surface area contributed by atoms with Crippen molar-refractivity contribution in [2.24, 2.45) is 5.90 Å². The van der Waals surface area contributed by atoms with Crippen LogP contribution in [0.25, 0.3) is 0 Å². The van der Waals surface area contributed by atoms with Gasteiger partial charge in [0.2, 0.25) is 0 Å². The van der Waals surface area contributed by atoms with Crippen molar-refractivity contribution in [1.29, 1.82) is 0 Å². The van der Waals surface area contributed by atoms with E-state index >= 15 is 0 Å². The average molecular weight is 172 g/mol. The number of rotatable bonds is 1. The van der Waals surface area contributed by atoms with Gasteiger partial charge in [-0.3, -0.25) is 0 Å². The highest BCUT2D eigenvalue weighted by Crippen LogP contribution is 2.14. The maximum Gasteiger partial charge on any atom is 0.358 e. The predicted octanol–water partition coefficient (Wildman–Crippen LogP) is 1.37. The summed E-state index contributed by atoms with van der Waals surface area (Å²) in [6.45, 7) is 0. The first-order chi connectivity index (χ1) is 5.25. The standard InChI is InChI=1S/C7H6ClNO2/c8-6-4-2-1-3-5(6)7(10)11-9/h1-4H,9H2. The van der Waals surface area contributed by atoms with E-state index in [-0.39, 0.29) is 5.56 Å². The molecule has 0 fully saturated rings. The molecule has 0 heterocycles. The molecule has 0 spiro atoms. The molecule has 0 aliphatic heterocycles. The molecule has 1 aromatic rings. The minimum Gasteiger partial charge on any atom is -0.370 e. The molecule has 0 atom stereocenters. The van der Waals surface area contributed by atoms with Crippen molar-refractivity contribution in [3.05, 3.63) is 34.9 Å². The normalized spacial score (nSPS) is 9.27. The molecule has 0 bridgehead atoms. The molecule has 1 aromatic carbocycles. The lowest BCUT2D eigenvalue weighted by atomic mass is 10.2. The number of hydrogen-bond acceptors (Lipinski definition) is 3. The molecule has 0 radical (unpaired) electrons. The minimum absolute atomic E-state index is 0.275. The van der Waals surface area contributed by atoms with E-state index in [4.69, 9.17) is 11.6 Å². The van der Waals surface area contributed by atoms with E-state index in [1.54, 1.807) is 18.2 Å². The Bertz CT molecular complexity index is 275. The van der Waals surface area contributed by atoms with Crippen molar-refractivity contribution in [3.63, 3.8) is 0 Å². The van der Waals surface area contributed by atoms with Crippen LogP contribution in [0.15, 0.2) is 24.3 Å². The molecule has 2 N–H and O–H groups in total. The summed E-state index contributed by atoms with van der Waals surface area (Å²) in [6, 6.07) is 6.53. The number of nitrogens with two attached hydrogens (primary N) is 1. The lowest BCUT2D eigenvalue weighted by molar-refractivity contribution is 0.0503. The third-order valence-corrected chi connectivity index (χ3v) is 1.53. The summed E-state index contributed by atoms with van der Waals surface area (Å²) in [5, 5.41) is 0.336. The van der Waals surface area contributed by atoms with Crippen LogP contribution in [0.2, 0.25) is 5.02 Å². The lowest BCUT2D eigenvalue weighted by Crippen LogP contribution is -2.10. The number of carbonyl (C=O) groups is 1. The van der Waals surface area contributed by atoms with Gasteiger partial charge in [0.05, 0.1) is 10.6 Å². The fourth-order valence-electron chi connectivity index (χ4n) is 0.690. The first-order valence-corrected chi connectivity index (χ1v) is 3.29. The van der Waals surface area contributed by atoms with E-state index in [0.29, 0.717) is 5.02 Å². The van der Waals surface area contributed by atoms with Gasteiger partial charge in [-0.2, -0.15) is 5.90 Å². The van der Waals surface area contributed by atoms with Gasteiger partial charge >= 0.3 is 5.97 Å². The predicted molar refractivity (Wildman–Crippen MR) is 41.1 cm³/mol. The maximum atomic E-state index is 10.8. The summed E-state index contributed by atoms with van der Waals surface area (Å²) in [6.07, 6.45) is 0. The molecule has 0 amide bonds. The fraction of sp³-hybridized carbons (Fsp3) is 0. The second-order valence-electron chi connectivity index (χ2n) is 1.89. The molecule has 0 saturated carbocycles. The van der Waals surface area contributed by atoms with Crippen molar-refractivity contribution in [2.45, 2.75) is 0 Å². The Hall–Kier alpha value is -1.06. The van der Waals surface area contributed by atoms with E-state index in [9.17, 15) is 4.79 Å². The molecular weight excluding hydrogens is 166 g/mol. The van der Waals surface area contributed by atoms with Crippen molar-refractivity contribution in [2.75, 3.05) is 0 Å². The summed E-state index contributed by atoms with van der Waals surface area (Å²) >= 11 is 5.64. The third kappa shape index (κ3) is 1.69. The lowest BCUT2D eigenvalue weighted by Gasteiger charge is -1.98. The van der Waals surface area contributed by atoms with Gasteiger partial charge in [-0.1, -0.05) is 23.7 Å². The fourth-order valence-corrected chi connectivity index (χ4v) is 0.903. The van der Waals surface area contributed by atoms with Crippen LogP contribution in [0, 0.1) is 0 Å². The zero-order chi connectivity index (χ0) is 8.27. The summed E-state index contributed by atoms with van der Waals surface area (Å²) < 4.78 is 0. The smallest absolute Gasteiger partial charge is 0.358 e. The molecule has 0 aliphatic rings. The monoisotopic (exact) mass is 171 g/mol. The van der Waals surface area contributed by atoms with E-state index < -0.39 is 5.97 Å². The van der Waals surface area contributed by atoms with Crippen LogP contribution in [0.5, 0.6) is 0 Å². The highest BCUT2D eigenvalue weighted by atomic mass is 35.5. The SMILES string of the molecule is NOC(=O)c1ccccc1Cl. The van der Waals surface area contributed by atoms with Gasteiger partial charge in [-0.05, 0) is 12.1 Å². The Kier molecular flexibility index (Phi) is 2.46. The van der Waals surface area contributed by atoms with Gasteiger partial charge in [0.1, 0.15) is 0 Å². The van der Waals surface area contributed by atoms with Gasteiger partial charge in [0.15, 0.2) is 0 Å². The number of benzene rings is 1. The van der Waals surface area contributed by atoms with Crippen LogP contribution < -0.4 is 5.90 Å². The van der Waals surface area contributed by atoms with Crippen molar-refractivity contribution < 1.29 is 9.63 Å². The molecule has 0 unspecified atom stereocenters. The highest BCUT2D eigenvalue weighted by molar-refractivity contribution is 6.33. The van der Waals surface area contributed by atoms with Gasteiger partial charge < -0.3 is 4.84 Å². The summed E-state index contributed by atoms with van der Waals surface area (Å²) in [7, 11) is 0. The first-order valence-electron chi connectivity index (χ1n) is 2.91. The number of carbonyl (C=O) groups excluding carboxylic acids is 1. The summed E-state index contributed by atoms with van der Waals surface area (Å²) in [4.78, 5) is 14.8. The van der Waals surface area contributed by atoms with Crippen LogP contribution in [0.3, 0.4) is 0 Å². The molecule has 3 nitrogen and oxygen atoms in total. The molecule has 4 heteroatoms. The van der Waals surface area contributed by atoms with Crippen LogP contribution >= 0.6 is 11.6 Å². The zero-order valence-electron chi connectivity index (χ0n) is 5.58. The van der Waals surface area contributed by atoms with Crippen molar-refractivity contribution in [1.82, 2.24) is 0 Å². The highest BCUT2D eigenvalue weighted by Gasteiger charge is 2.08. The van der Waals surface area contributed by atoms with E-state index in [2.05, 4.69) is 10.7 Å². The molecule has 1 rings (SSSR count). The van der Waals surface area contributed by atoms with Gasteiger partial charge in [0.25, 0.3) is 0 Å². The second kappa shape index (κ2) is 3.37. The average Bonchev–Trinajstić information content (AvgIpc) is 2.04. The number of hydrogen-bond donors (Lipinski definition) is 1. The Balaban J connectivity index is 3.03. The van der Waals surface area contributed by atoms with Crippen LogP contribution in [-0.2, 0) is 4.84 Å². The first kappa shape index (κ1) is 8.04.